The summed E-state index contributed by atoms with van der Waals surface area (Å²) in [6, 6.07) is 11.4. The van der Waals surface area contributed by atoms with Gasteiger partial charge in [-0.1, -0.05) is 23.7 Å². The van der Waals surface area contributed by atoms with Crippen LogP contribution in [0.25, 0.3) is 10.9 Å². The molecular weight excluding hydrogens is 449 g/mol. The molecule has 0 amide bonds. The van der Waals surface area contributed by atoms with Crippen molar-refractivity contribution in [2.24, 2.45) is 0 Å². The van der Waals surface area contributed by atoms with E-state index in [1.807, 2.05) is 6.07 Å². The second-order valence-corrected chi connectivity index (χ2v) is 7.92. The topological polar surface area (TPSA) is 85.8 Å². The first kappa shape index (κ1) is 16.1. The highest BCUT2D eigenvalue weighted by Gasteiger charge is 2.20. The summed E-state index contributed by atoms with van der Waals surface area (Å²) in [5.74, 6) is 0. The molecule has 0 unspecified atom stereocenters. The lowest BCUT2D eigenvalue weighted by Gasteiger charge is -2.11. The molecule has 0 saturated carbocycles. The number of aromatic amines is 1. The van der Waals surface area contributed by atoms with Crippen LogP contribution < -0.4 is 4.72 Å². The van der Waals surface area contributed by atoms with E-state index in [4.69, 9.17) is 16.9 Å². The molecule has 0 radical (unpaired) electrons. The maximum atomic E-state index is 12.6. The number of rotatable bonds is 3. The van der Waals surface area contributed by atoms with Gasteiger partial charge in [-0.15, -0.1) is 0 Å². The lowest BCUT2D eigenvalue weighted by atomic mass is 10.2. The first-order valence-corrected chi connectivity index (χ1v) is 9.35. The second-order valence-electron chi connectivity index (χ2n) is 4.70. The van der Waals surface area contributed by atoms with E-state index in [2.05, 4.69) is 32.3 Å². The molecule has 23 heavy (non-hydrogen) atoms. The third-order valence-corrected chi connectivity index (χ3v) is 5.90. The largest absolute Gasteiger partial charge is 0.358 e. The van der Waals surface area contributed by atoms with E-state index in [1.54, 1.807) is 30.5 Å². The van der Waals surface area contributed by atoms with Gasteiger partial charge in [-0.3, -0.25) is 4.72 Å². The molecule has 0 saturated heterocycles. The van der Waals surface area contributed by atoms with Crippen LogP contribution in [0.1, 0.15) is 5.56 Å². The fraction of sp³-hybridized carbons (Fsp3) is 0. The highest BCUT2D eigenvalue weighted by Crippen LogP contribution is 2.33. The van der Waals surface area contributed by atoms with Gasteiger partial charge in [0.1, 0.15) is 11.0 Å². The Morgan fingerprint density at radius 3 is 2.70 bits per heavy atom. The predicted molar refractivity (Wildman–Crippen MR) is 98.0 cm³/mol. The van der Waals surface area contributed by atoms with Crippen molar-refractivity contribution >= 4 is 60.8 Å². The van der Waals surface area contributed by atoms with Crippen molar-refractivity contribution in [1.82, 2.24) is 4.98 Å². The number of anilines is 1. The third-order valence-electron chi connectivity index (χ3n) is 3.28. The molecule has 3 aromatic rings. The van der Waals surface area contributed by atoms with Crippen LogP contribution in [0.5, 0.6) is 0 Å². The Balaban J connectivity index is 2.12. The minimum atomic E-state index is -3.89. The van der Waals surface area contributed by atoms with E-state index in [-0.39, 0.29) is 10.5 Å². The van der Waals surface area contributed by atoms with Crippen molar-refractivity contribution < 1.29 is 8.42 Å². The number of halogens is 2. The van der Waals surface area contributed by atoms with E-state index in [1.165, 1.54) is 12.1 Å². The van der Waals surface area contributed by atoms with Crippen LogP contribution in [0.3, 0.4) is 0 Å². The number of hydrogen-bond acceptors (Lipinski definition) is 3. The molecule has 0 fully saturated rings. The molecular formula is C15H9ClIN3O2S. The molecule has 2 aromatic carbocycles. The summed E-state index contributed by atoms with van der Waals surface area (Å²) < 4.78 is 28.6. The lowest BCUT2D eigenvalue weighted by molar-refractivity contribution is 0.601. The molecule has 8 heteroatoms. The van der Waals surface area contributed by atoms with E-state index in [0.717, 1.165) is 8.96 Å². The Hall–Kier alpha value is -1.76. The van der Waals surface area contributed by atoms with Crippen LogP contribution in [0.4, 0.5) is 5.69 Å². The molecule has 1 heterocycles. The molecule has 0 spiro atoms. The molecule has 116 valence electrons. The smallest absolute Gasteiger partial charge is 0.263 e. The van der Waals surface area contributed by atoms with Crippen molar-refractivity contribution in [3.63, 3.8) is 0 Å². The van der Waals surface area contributed by atoms with Crippen LogP contribution in [0, 0.1) is 14.9 Å². The monoisotopic (exact) mass is 457 g/mol. The highest BCUT2D eigenvalue weighted by atomic mass is 127. The number of H-pyrrole nitrogens is 1. The Kier molecular flexibility index (Phi) is 4.23. The standard InChI is InChI=1S/C15H9ClIN3O2S/c16-10-8-19-15-12(6-5-11(17)14(10)15)20-23(21,22)13-4-2-1-3-9(13)7-18/h1-6,8,19-20H. The van der Waals surface area contributed by atoms with Gasteiger partial charge in [0.2, 0.25) is 0 Å². The number of fused-ring (bicyclic) bond motifs is 1. The van der Waals surface area contributed by atoms with Gasteiger partial charge in [-0.05, 0) is 46.9 Å². The lowest BCUT2D eigenvalue weighted by Crippen LogP contribution is -2.14. The van der Waals surface area contributed by atoms with E-state index in [0.29, 0.717) is 16.2 Å². The number of aromatic nitrogens is 1. The number of benzene rings is 2. The predicted octanol–water partition coefficient (Wildman–Crippen LogP) is 4.10. The van der Waals surface area contributed by atoms with Crippen molar-refractivity contribution in [3.8, 4) is 6.07 Å². The maximum absolute atomic E-state index is 12.6. The van der Waals surface area contributed by atoms with Crippen molar-refractivity contribution in [2.45, 2.75) is 4.90 Å². The zero-order chi connectivity index (χ0) is 16.6. The van der Waals surface area contributed by atoms with Crippen molar-refractivity contribution in [3.05, 3.63) is 56.8 Å². The summed E-state index contributed by atoms with van der Waals surface area (Å²) in [5.41, 5.74) is 1.06. The number of nitrogens with one attached hydrogen (secondary N) is 2. The summed E-state index contributed by atoms with van der Waals surface area (Å²) in [6.07, 6.45) is 1.61. The van der Waals surface area contributed by atoms with Gasteiger partial charge in [-0.25, -0.2) is 8.42 Å². The SMILES string of the molecule is N#Cc1ccccc1S(=O)(=O)Nc1ccc(I)c2c(Cl)c[nH]c12. The molecule has 3 rings (SSSR count). The molecule has 0 atom stereocenters. The van der Waals surface area contributed by atoms with Crippen molar-refractivity contribution in [1.29, 1.82) is 5.26 Å². The molecule has 0 aliphatic heterocycles. The third kappa shape index (κ3) is 2.89. The zero-order valence-corrected chi connectivity index (χ0v) is 15.2. The number of nitriles is 1. The summed E-state index contributed by atoms with van der Waals surface area (Å²) >= 11 is 8.26. The first-order chi connectivity index (χ1) is 10.9. The average molecular weight is 458 g/mol. The Morgan fingerprint density at radius 1 is 1.22 bits per heavy atom. The Labute approximate surface area is 151 Å². The fourth-order valence-electron chi connectivity index (χ4n) is 2.25. The van der Waals surface area contributed by atoms with Gasteiger partial charge in [0.15, 0.2) is 0 Å². The quantitative estimate of drug-likeness (QED) is 0.581. The number of sulfonamides is 1. The second kappa shape index (κ2) is 6.03. The summed E-state index contributed by atoms with van der Waals surface area (Å²) in [4.78, 5) is 2.91. The minimum Gasteiger partial charge on any atom is -0.358 e. The van der Waals surface area contributed by atoms with E-state index >= 15 is 0 Å². The number of hydrogen-bond donors (Lipinski definition) is 2. The first-order valence-electron chi connectivity index (χ1n) is 6.41. The van der Waals surface area contributed by atoms with Gasteiger partial charge < -0.3 is 4.98 Å². The molecule has 0 aliphatic rings. The van der Waals surface area contributed by atoms with E-state index < -0.39 is 10.0 Å². The molecule has 1 aromatic heterocycles. The molecule has 0 aliphatic carbocycles. The summed E-state index contributed by atoms with van der Waals surface area (Å²) in [5, 5.41) is 10.4. The molecule has 2 N–H and O–H groups in total. The van der Waals surface area contributed by atoms with Gasteiger partial charge in [0.25, 0.3) is 10.0 Å². The van der Waals surface area contributed by atoms with Crippen LogP contribution >= 0.6 is 34.2 Å². The zero-order valence-electron chi connectivity index (χ0n) is 11.5. The van der Waals surface area contributed by atoms with Crippen LogP contribution in [-0.2, 0) is 10.0 Å². The van der Waals surface area contributed by atoms with Crippen LogP contribution in [-0.4, -0.2) is 13.4 Å². The average Bonchev–Trinajstić information content (AvgIpc) is 2.93. The van der Waals surface area contributed by atoms with Gasteiger partial charge in [0, 0.05) is 15.2 Å². The fourth-order valence-corrected chi connectivity index (χ4v) is 4.63. The highest BCUT2D eigenvalue weighted by molar-refractivity contribution is 14.1. The van der Waals surface area contributed by atoms with E-state index in [9.17, 15) is 8.42 Å². The van der Waals surface area contributed by atoms with Gasteiger partial charge in [-0.2, -0.15) is 5.26 Å². The molecule has 5 nitrogen and oxygen atoms in total. The maximum Gasteiger partial charge on any atom is 0.263 e. The van der Waals surface area contributed by atoms with Gasteiger partial charge >= 0.3 is 0 Å². The summed E-state index contributed by atoms with van der Waals surface area (Å²) in [7, 11) is -3.89. The Morgan fingerprint density at radius 2 is 1.96 bits per heavy atom. The molecule has 0 bridgehead atoms. The van der Waals surface area contributed by atoms with Crippen LogP contribution in [0.2, 0.25) is 5.02 Å². The van der Waals surface area contributed by atoms with Crippen molar-refractivity contribution in [2.75, 3.05) is 4.72 Å². The summed E-state index contributed by atoms with van der Waals surface area (Å²) in [6.45, 7) is 0. The normalized spacial score (nSPS) is 11.3. The number of nitrogens with zero attached hydrogens (tertiary/aromatic N) is 1. The minimum absolute atomic E-state index is 0.0631. The van der Waals surface area contributed by atoms with Gasteiger partial charge in [0.05, 0.1) is 21.8 Å². The Bertz CT molecular complexity index is 1050. The van der Waals surface area contributed by atoms with Crippen LogP contribution in [0.15, 0.2) is 47.5 Å².